The summed E-state index contributed by atoms with van der Waals surface area (Å²) in [5.41, 5.74) is 0.895. The van der Waals surface area contributed by atoms with Crippen LogP contribution in [0.3, 0.4) is 0 Å². The number of imidazole rings is 1. The van der Waals surface area contributed by atoms with Gasteiger partial charge >= 0.3 is 0 Å². The van der Waals surface area contributed by atoms with Gasteiger partial charge in [0.2, 0.25) is 0 Å². The molecule has 1 aromatic rings. The highest BCUT2D eigenvalue weighted by molar-refractivity contribution is 8.02. The fourth-order valence-corrected chi connectivity index (χ4v) is 1.71. The fourth-order valence-electron chi connectivity index (χ4n) is 0.901. The molecular weight excluding hydrogens is 157 g/mol. The molecule has 1 atom stereocenters. The molecule has 3 nitrogen and oxygen atoms in total. The van der Waals surface area contributed by atoms with Crippen molar-refractivity contribution < 1.29 is 0 Å². The Bertz CT molecular complexity index is 269. The number of aromatic nitrogens is 2. The first-order valence-electron chi connectivity index (χ1n) is 3.21. The third-order valence-corrected chi connectivity index (χ3v) is 2.42. The van der Waals surface area contributed by atoms with Crippen LogP contribution in [0.2, 0.25) is 0 Å². The Labute approximate surface area is 70.3 Å². The Kier molecular flexibility index (Phi) is 1.65. The van der Waals surface area contributed by atoms with Gasteiger partial charge in [-0.1, -0.05) is 11.8 Å². The average Bonchev–Trinajstić information content (AvgIpc) is 2.55. The normalized spacial score (nSPS) is 22.9. The maximum atomic E-state index is 5.53. The summed E-state index contributed by atoms with van der Waals surface area (Å²) in [4.78, 5) is 3.94. The van der Waals surface area contributed by atoms with Crippen LogP contribution in [0.5, 0.6) is 0 Å². The summed E-state index contributed by atoms with van der Waals surface area (Å²) in [6.07, 6.45) is 5.41. The molecule has 1 aliphatic heterocycles. The minimum Gasteiger partial charge on any atom is -0.369 e. The third kappa shape index (κ3) is 1.28. The number of hydrogen-bond donors (Lipinski definition) is 1. The van der Waals surface area contributed by atoms with Crippen molar-refractivity contribution in [3.8, 4) is 0 Å². The molecule has 2 radical (unpaired) electrons. The first kappa shape index (κ1) is 6.85. The summed E-state index contributed by atoms with van der Waals surface area (Å²) in [5, 5.41) is 4.97. The first-order chi connectivity index (χ1) is 5.36. The number of rotatable bonds is 1. The van der Waals surface area contributed by atoms with Gasteiger partial charge in [0, 0.05) is 12.4 Å². The van der Waals surface area contributed by atoms with Crippen molar-refractivity contribution >= 4 is 19.6 Å². The van der Waals surface area contributed by atoms with Crippen molar-refractivity contribution in [2.45, 2.75) is 5.50 Å². The lowest BCUT2D eigenvalue weighted by molar-refractivity contribution is 0.625. The molecule has 2 heterocycles. The standard InChI is InChI=1S/C6H6BN3S/c7-5-3-11-6(9-5)10-2-1-8-4-10/h1-4,6,9H. The molecule has 0 bridgehead atoms. The Hall–Kier alpha value is -0.835. The van der Waals surface area contributed by atoms with E-state index in [9.17, 15) is 0 Å². The van der Waals surface area contributed by atoms with Gasteiger partial charge in [-0.2, -0.15) is 0 Å². The maximum absolute atomic E-state index is 5.53. The molecule has 1 aliphatic rings. The van der Waals surface area contributed by atoms with E-state index in [1.807, 2.05) is 16.2 Å². The molecule has 5 heteroatoms. The third-order valence-electron chi connectivity index (χ3n) is 1.41. The SMILES string of the molecule is [B]C1=CSC(n2ccnc2)N1. The van der Waals surface area contributed by atoms with E-state index < -0.39 is 0 Å². The van der Waals surface area contributed by atoms with E-state index in [4.69, 9.17) is 7.85 Å². The molecule has 0 spiro atoms. The monoisotopic (exact) mass is 163 g/mol. The summed E-state index contributed by atoms with van der Waals surface area (Å²) in [5.74, 6) is 0. The highest BCUT2D eigenvalue weighted by atomic mass is 32.2. The van der Waals surface area contributed by atoms with Gasteiger partial charge in [-0.15, -0.1) is 0 Å². The molecule has 0 saturated heterocycles. The van der Waals surface area contributed by atoms with Gasteiger partial charge in [0.15, 0.2) is 5.50 Å². The molecule has 0 aliphatic carbocycles. The second-order valence-corrected chi connectivity index (χ2v) is 3.17. The first-order valence-corrected chi connectivity index (χ1v) is 4.15. The van der Waals surface area contributed by atoms with Crippen LogP contribution in [0.1, 0.15) is 5.50 Å². The van der Waals surface area contributed by atoms with Crippen molar-refractivity contribution in [2.75, 3.05) is 0 Å². The van der Waals surface area contributed by atoms with Gasteiger partial charge in [0.1, 0.15) is 7.85 Å². The van der Waals surface area contributed by atoms with Crippen LogP contribution in [0.4, 0.5) is 0 Å². The smallest absolute Gasteiger partial charge is 0.155 e. The van der Waals surface area contributed by atoms with E-state index in [2.05, 4.69) is 10.3 Å². The second-order valence-electron chi connectivity index (χ2n) is 2.22. The molecule has 0 saturated carbocycles. The molecule has 11 heavy (non-hydrogen) atoms. The number of hydrogen-bond acceptors (Lipinski definition) is 3. The van der Waals surface area contributed by atoms with Gasteiger partial charge in [-0.3, -0.25) is 0 Å². The average molecular weight is 163 g/mol. The zero-order chi connectivity index (χ0) is 7.68. The lowest BCUT2D eigenvalue weighted by Crippen LogP contribution is -2.17. The van der Waals surface area contributed by atoms with Gasteiger partial charge in [0.25, 0.3) is 0 Å². The van der Waals surface area contributed by atoms with E-state index >= 15 is 0 Å². The maximum Gasteiger partial charge on any atom is 0.155 e. The van der Waals surface area contributed by atoms with Crippen LogP contribution in [0.15, 0.2) is 29.7 Å². The summed E-state index contributed by atoms with van der Waals surface area (Å²) in [6, 6.07) is 0. The predicted molar refractivity (Wildman–Crippen MR) is 45.8 cm³/mol. The van der Waals surface area contributed by atoms with Crippen LogP contribution in [0, 0.1) is 0 Å². The van der Waals surface area contributed by atoms with Crippen LogP contribution < -0.4 is 5.32 Å². The molecule has 1 unspecified atom stereocenters. The minimum atomic E-state index is 0.178. The van der Waals surface area contributed by atoms with Gasteiger partial charge in [-0.25, -0.2) is 4.98 Å². The second kappa shape index (κ2) is 2.66. The Morgan fingerprint density at radius 2 is 2.64 bits per heavy atom. The number of thioether (sulfide) groups is 1. The van der Waals surface area contributed by atoms with E-state index in [1.165, 1.54) is 0 Å². The van der Waals surface area contributed by atoms with Crippen molar-refractivity contribution in [3.63, 3.8) is 0 Å². The Balaban J connectivity index is 2.11. The van der Waals surface area contributed by atoms with E-state index in [0.29, 0.717) is 5.60 Å². The van der Waals surface area contributed by atoms with Crippen LogP contribution in [0.25, 0.3) is 0 Å². The molecule has 2 rings (SSSR count). The molecule has 1 N–H and O–H groups in total. The van der Waals surface area contributed by atoms with Crippen molar-refractivity contribution in [1.82, 2.24) is 14.9 Å². The summed E-state index contributed by atoms with van der Waals surface area (Å²) in [7, 11) is 5.53. The molecule has 0 fully saturated rings. The summed E-state index contributed by atoms with van der Waals surface area (Å²) < 4.78 is 1.96. The van der Waals surface area contributed by atoms with Crippen molar-refractivity contribution in [2.24, 2.45) is 0 Å². The Morgan fingerprint density at radius 3 is 3.18 bits per heavy atom. The topological polar surface area (TPSA) is 29.9 Å². The van der Waals surface area contributed by atoms with Crippen molar-refractivity contribution in [3.05, 3.63) is 29.7 Å². The molecule has 0 amide bonds. The largest absolute Gasteiger partial charge is 0.369 e. The highest BCUT2D eigenvalue weighted by Crippen LogP contribution is 2.27. The lowest BCUT2D eigenvalue weighted by Gasteiger charge is -2.12. The molecule has 0 aromatic carbocycles. The van der Waals surface area contributed by atoms with Crippen LogP contribution in [-0.2, 0) is 0 Å². The minimum absolute atomic E-state index is 0.178. The van der Waals surface area contributed by atoms with Crippen LogP contribution in [-0.4, -0.2) is 17.4 Å². The number of nitrogens with zero attached hydrogens (tertiary/aromatic N) is 2. The fraction of sp³-hybridized carbons (Fsp3) is 0.167. The zero-order valence-corrected chi connectivity index (χ0v) is 6.58. The molecule has 1 aromatic heterocycles. The van der Waals surface area contributed by atoms with Crippen molar-refractivity contribution in [1.29, 1.82) is 0 Å². The quantitative estimate of drug-likeness (QED) is 0.616. The lowest BCUT2D eigenvalue weighted by atomic mass is 10.1. The zero-order valence-electron chi connectivity index (χ0n) is 5.77. The summed E-state index contributed by atoms with van der Waals surface area (Å²) >= 11 is 1.63. The predicted octanol–water partition coefficient (Wildman–Crippen LogP) is 0.643. The van der Waals surface area contributed by atoms with Gasteiger partial charge < -0.3 is 9.88 Å². The molecule has 54 valence electrons. The summed E-state index contributed by atoms with van der Waals surface area (Å²) in [6.45, 7) is 0. The highest BCUT2D eigenvalue weighted by Gasteiger charge is 2.13. The van der Waals surface area contributed by atoms with E-state index in [-0.39, 0.29) is 5.50 Å². The van der Waals surface area contributed by atoms with E-state index in [0.717, 1.165) is 0 Å². The van der Waals surface area contributed by atoms with Gasteiger partial charge in [-0.05, 0) is 11.0 Å². The van der Waals surface area contributed by atoms with Crippen LogP contribution >= 0.6 is 11.8 Å². The molecular formula is C6H6BN3S. The van der Waals surface area contributed by atoms with E-state index in [1.54, 1.807) is 24.3 Å². The number of nitrogens with one attached hydrogen (secondary N) is 1. The Morgan fingerprint density at radius 1 is 1.73 bits per heavy atom. The van der Waals surface area contributed by atoms with Gasteiger partial charge in [0.05, 0.1) is 6.33 Å².